The summed E-state index contributed by atoms with van der Waals surface area (Å²) in [6.45, 7) is 2.52. The van der Waals surface area contributed by atoms with E-state index in [1.54, 1.807) is 12.1 Å². The van der Waals surface area contributed by atoms with Crippen LogP contribution in [0.4, 0.5) is 0 Å². The van der Waals surface area contributed by atoms with Gasteiger partial charge in [-0.3, -0.25) is 9.69 Å². The predicted octanol–water partition coefficient (Wildman–Crippen LogP) is 4.10. The molecule has 0 spiro atoms. The summed E-state index contributed by atoms with van der Waals surface area (Å²) in [5, 5.41) is 9.53. The minimum absolute atomic E-state index is 0.0876. The Hall–Kier alpha value is -2.15. The highest BCUT2D eigenvalue weighted by Crippen LogP contribution is 2.23. The average molecular weight is 514 g/mol. The van der Waals surface area contributed by atoms with Crippen molar-refractivity contribution >= 4 is 34.4 Å². The van der Waals surface area contributed by atoms with E-state index < -0.39 is 0 Å². The number of halogens is 1. The summed E-state index contributed by atoms with van der Waals surface area (Å²) in [6.07, 6.45) is 1.02. The molecule has 0 saturated heterocycles. The number of benzene rings is 2. The van der Waals surface area contributed by atoms with Crippen molar-refractivity contribution in [1.82, 2.24) is 14.9 Å². The third kappa shape index (κ3) is 4.89. The number of aromatic nitrogens is 2. The number of thioether (sulfide) groups is 1. The van der Waals surface area contributed by atoms with Gasteiger partial charge in [-0.05, 0) is 57.8 Å². The standard InChI is InChI=1S/C22H19IN4OS/c23-20-19(13-27-10-9-17-3-1-2-4-18(17)12-27)25-22(26-21(20)28)29-14-16-7-5-15(11-24)6-8-16/h1-8H,9-10,12-14H2,(H,25,26,28). The molecule has 1 aliphatic heterocycles. The summed E-state index contributed by atoms with van der Waals surface area (Å²) < 4.78 is 0.657. The Morgan fingerprint density at radius 2 is 1.93 bits per heavy atom. The molecule has 0 bridgehead atoms. The molecule has 2 aromatic carbocycles. The zero-order valence-electron chi connectivity index (χ0n) is 15.7. The lowest BCUT2D eigenvalue weighted by Gasteiger charge is -2.28. The van der Waals surface area contributed by atoms with Crippen LogP contribution in [-0.4, -0.2) is 21.4 Å². The van der Waals surface area contributed by atoms with E-state index in [4.69, 9.17) is 10.2 Å². The average Bonchev–Trinajstić information content (AvgIpc) is 2.76. The number of fused-ring (bicyclic) bond motifs is 1. The monoisotopic (exact) mass is 514 g/mol. The summed E-state index contributed by atoms with van der Waals surface area (Å²) in [5.41, 5.74) is 5.24. The molecule has 29 heavy (non-hydrogen) atoms. The molecule has 0 fully saturated rings. The topological polar surface area (TPSA) is 72.8 Å². The van der Waals surface area contributed by atoms with E-state index in [1.165, 1.54) is 22.9 Å². The minimum atomic E-state index is -0.0876. The predicted molar refractivity (Wildman–Crippen MR) is 123 cm³/mol. The van der Waals surface area contributed by atoms with Crippen LogP contribution in [0, 0.1) is 14.9 Å². The van der Waals surface area contributed by atoms with E-state index in [9.17, 15) is 4.79 Å². The van der Waals surface area contributed by atoms with Crippen LogP contribution in [0.2, 0.25) is 0 Å². The highest BCUT2D eigenvalue weighted by atomic mass is 127. The van der Waals surface area contributed by atoms with Crippen molar-refractivity contribution in [2.24, 2.45) is 0 Å². The van der Waals surface area contributed by atoms with E-state index >= 15 is 0 Å². The van der Waals surface area contributed by atoms with Gasteiger partial charge in [0.05, 0.1) is 17.3 Å². The second kappa shape index (κ2) is 9.11. The van der Waals surface area contributed by atoms with Gasteiger partial charge in [0.15, 0.2) is 5.16 Å². The molecule has 3 aromatic rings. The van der Waals surface area contributed by atoms with E-state index in [1.807, 2.05) is 12.1 Å². The number of rotatable bonds is 5. The molecule has 4 rings (SSSR count). The molecule has 1 aliphatic rings. The number of nitrogens with zero attached hydrogens (tertiary/aromatic N) is 3. The van der Waals surface area contributed by atoms with Crippen molar-refractivity contribution in [1.29, 1.82) is 5.26 Å². The summed E-state index contributed by atoms with van der Waals surface area (Å²) >= 11 is 3.60. The molecule has 7 heteroatoms. The Balaban J connectivity index is 1.47. The van der Waals surface area contributed by atoms with E-state index in [-0.39, 0.29) is 5.56 Å². The Morgan fingerprint density at radius 3 is 2.69 bits per heavy atom. The van der Waals surface area contributed by atoms with Crippen molar-refractivity contribution in [3.8, 4) is 6.07 Å². The SMILES string of the molecule is N#Cc1ccc(CSc2nc(CN3CCc4ccccc4C3)c(I)c(=O)[nH]2)cc1. The first-order valence-corrected chi connectivity index (χ1v) is 11.4. The summed E-state index contributed by atoms with van der Waals surface area (Å²) in [4.78, 5) is 22.4. The molecular weight excluding hydrogens is 495 g/mol. The number of hydrogen-bond acceptors (Lipinski definition) is 5. The molecule has 5 nitrogen and oxygen atoms in total. The van der Waals surface area contributed by atoms with E-state index in [2.05, 4.69) is 62.8 Å². The van der Waals surface area contributed by atoms with Gasteiger partial charge in [0, 0.05) is 25.4 Å². The first-order chi connectivity index (χ1) is 14.1. The number of hydrogen-bond donors (Lipinski definition) is 1. The van der Waals surface area contributed by atoms with Crippen molar-refractivity contribution < 1.29 is 0 Å². The van der Waals surface area contributed by atoms with E-state index in [0.29, 0.717) is 26.6 Å². The lowest BCUT2D eigenvalue weighted by molar-refractivity contribution is 0.241. The fourth-order valence-electron chi connectivity index (χ4n) is 3.38. The molecule has 0 saturated carbocycles. The largest absolute Gasteiger partial charge is 0.301 e. The smallest absolute Gasteiger partial charge is 0.265 e. The number of nitrogens with one attached hydrogen (secondary N) is 1. The molecule has 1 aromatic heterocycles. The van der Waals surface area contributed by atoms with Gasteiger partial charge in [0.2, 0.25) is 0 Å². The Kier molecular flexibility index (Phi) is 6.33. The zero-order chi connectivity index (χ0) is 20.2. The number of aromatic amines is 1. The van der Waals surface area contributed by atoms with Gasteiger partial charge >= 0.3 is 0 Å². The third-order valence-corrected chi connectivity index (χ3v) is 7.01. The summed E-state index contributed by atoms with van der Waals surface area (Å²) in [5.74, 6) is 0.686. The van der Waals surface area contributed by atoms with Gasteiger partial charge in [-0.15, -0.1) is 0 Å². The van der Waals surface area contributed by atoms with Gasteiger partial charge in [-0.1, -0.05) is 48.2 Å². The Bertz CT molecular complexity index is 1120. The van der Waals surface area contributed by atoms with Crippen molar-refractivity contribution in [2.45, 2.75) is 30.4 Å². The van der Waals surface area contributed by atoms with Gasteiger partial charge in [-0.2, -0.15) is 5.26 Å². The number of nitriles is 1. The maximum atomic E-state index is 12.4. The maximum absolute atomic E-state index is 12.4. The fraction of sp³-hybridized carbons (Fsp3) is 0.227. The van der Waals surface area contributed by atoms with Crippen LogP contribution < -0.4 is 5.56 Å². The van der Waals surface area contributed by atoms with Gasteiger partial charge in [-0.25, -0.2) is 4.98 Å². The second-order valence-corrected chi connectivity index (χ2v) is 9.00. The zero-order valence-corrected chi connectivity index (χ0v) is 18.7. The Morgan fingerprint density at radius 1 is 1.17 bits per heavy atom. The molecule has 0 atom stereocenters. The van der Waals surface area contributed by atoms with Gasteiger partial charge < -0.3 is 4.98 Å². The lowest BCUT2D eigenvalue weighted by Crippen LogP contribution is -2.31. The van der Waals surface area contributed by atoms with Crippen LogP contribution in [-0.2, 0) is 25.3 Å². The first kappa shape index (κ1) is 20.1. The molecule has 1 N–H and O–H groups in total. The van der Waals surface area contributed by atoms with Crippen LogP contribution in [0.25, 0.3) is 0 Å². The number of H-pyrrole nitrogens is 1. The first-order valence-electron chi connectivity index (χ1n) is 9.32. The highest BCUT2D eigenvalue weighted by molar-refractivity contribution is 14.1. The van der Waals surface area contributed by atoms with Crippen LogP contribution in [0.5, 0.6) is 0 Å². The summed E-state index contributed by atoms with van der Waals surface area (Å²) in [7, 11) is 0. The normalized spacial score (nSPS) is 13.7. The molecular formula is C22H19IN4OS. The van der Waals surface area contributed by atoms with Crippen molar-refractivity contribution in [3.63, 3.8) is 0 Å². The van der Waals surface area contributed by atoms with E-state index in [0.717, 1.165) is 30.8 Å². The van der Waals surface area contributed by atoms with Crippen molar-refractivity contribution in [2.75, 3.05) is 6.54 Å². The lowest BCUT2D eigenvalue weighted by atomic mass is 10.00. The second-order valence-electron chi connectivity index (χ2n) is 6.96. The molecule has 0 aliphatic carbocycles. The summed E-state index contributed by atoms with van der Waals surface area (Å²) in [6, 6.07) is 18.1. The van der Waals surface area contributed by atoms with Crippen LogP contribution >= 0.6 is 34.4 Å². The van der Waals surface area contributed by atoms with Gasteiger partial charge in [0.1, 0.15) is 3.57 Å². The van der Waals surface area contributed by atoms with Crippen molar-refractivity contribution in [3.05, 3.63) is 90.4 Å². The Labute approximate surface area is 187 Å². The highest BCUT2D eigenvalue weighted by Gasteiger charge is 2.19. The van der Waals surface area contributed by atoms with Crippen LogP contribution in [0.1, 0.15) is 27.9 Å². The molecule has 146 valence electrons. The van der Waals surface area contributed by atoms with Crippen LogP contribution in [0.15, 0.2) is 58.5 Å². The fourth-order valence-corrected chi connectivity index (χ4v) is 4.65. The maximum Gasteiger partial charge on any atom is 0.265 e. The molecule has 2 heterocycles. The third-order valence-electron chi connectivity index (χ3n) is 4.95. The van der Waals surface area contributed by atoms with Crippen LogP contribution in [0.3, 0.4) is 0 Å². The molecule has 0 radical (unpaired) electrons. The molecule has 0 amide bonds. The minimum Gasteiger partial charge on any atom is -0.301 e. The quantitative estimate of drug-likeness (QED) is 0.316. The molecule has 0 unspecified atom stereocenters. The van der Waals surface area contributed by atoms with Gasteiger partial charge in [0.25, 0.3) is 5.56 Å².